The highest BCUT2D eigenvalue weighted by molar-refractivity contribution is 5.39. The van der Waals surface area contributed by atoms with E-state index in [1.54, 1.807) is 0 Å². The highest BCUT2D eigenvalue weighted by atomic mass is 16.3. The monoisotopic (exact) mass is 328 g/mol. The van der Waals surface area contributed by atoms with E-state index in [2.05, 4.69) is 17.0 Å². The molecule has 0 saturated heterocycles. The first kappa shape index (κ1) is 18.5. The summed E-state index contributed by atoms with van der Waals surface area (Å²) < 4.78 is 0. The molecule has 4 N–H and O–H groups in total. The smallest absolute Gasteiger partial charge is 0.0916 e. The molecule has 0 unspecified atom stereocenters. The van der Waals surface area contributed by atoms with Crippen molar-refractivity contribution in [3.63, 3.8) is 0 Å². The van der Waals surface area contributed by atoms with Gasteiger partial charge in [0.25, 0.3) is 0 Å². The number of rotatable bonds is 10. The number of nitrogen functional groups attached to an aromatic ring is 1. The molecular weight excluding hydrogens is 300 g/mol. The van der Waals surface area contributed by atoms with Gasteiger partial charge in [-0.1, -0.05) is 42.5 Å². The van der Waals surface area contributed by atoms with Gasteiger partial charge in [0.05, 0.1) is 6.10 Å². The first-order valence-corrected chi connectivity index (χ1v) is 8.59. The second-order valence-corrected chi connectivity index (χ2v) is 6.15. The molecule has 0 radical (unpaired) electrons. The van der Waals surface area contributed by atoms with E-state index in [1.165, 1.54) is 5.56 Å². The second-order valence-electron chi connectivity index (χ2n) is 6.15. The van der Waals surface area contributed by atoms with Crippen LogP contribution in [0.25, 0.3) is 0 Å². The quantitative estimate of drug-likeness (QED) is 0.463. The molecule has 130 valence electrons. The van der Waals surface area contributed by atoms with Gasteiger partial charge >= 0.3 is 0 Å². The van der Waals surface area contributed by atoms with E-state index in [0.29, 0.717) is 6.54 Å². The summed E-state index contributed by atoms with van der Waals surface area (Å²) in [6.07, 6.45) is 2.15. The molecule has 2 rings (SSSR count). The maximum Gasteiger partial charge on any atom is 0.0916 e. The fraction of sp³-hybridized carbons (Fsp3) is 0.400. The fourth-order valence-electron chi connectivity index (χ4n) is 2.74. The fourth-order valence-corrected chi connectivity index (χ4v) is 2.74. The summed E-state index contributed by atoms with van der Waals surface area (Å²) in [5.74, 6) is 0. The van der Waals surface area contributed by atoms with Crippen LogP contribution in [0.2, 0.25) is 0 Å². The van der Waals surface area contributed by atoms with E-state index in [9.17, 15) is 5.11 Å². The highest BCUT2D eigenvalue weighted by Gasteiger charge is 2.13. The van der Waals surface area contributed by atoms with Crippen molar-refractivity contribution in [2.75, 3.05) is 32.0 Å². The standard InChI is InChI=1S/C20H28N2O2/c21-19-10-8-17(9-11-19)12-14-22(13-4-5-15-23)16-20(24)18-6-2-1-3-7-18/h1-3,6-11,20,23-24H,4-5,12-16,21H2/t20-/m0/s1. The van der Waals surface area contributed by atoms with Gasteiger partial charge in [-0.15, -0.1) is 0 Å². The first-order chi connectivity index (χ1) is 11.7. The first-order valence-electron chi connectivity index (χ1n) is 8.59. The molecule has 0 amide bonds. The third-order valence-electron chi connectivity index (χ3n) is 4.19. The summed E-state index contributed by atoms with van der Waals surface area (Å²) in [4.78, 5) is 2.27. The molecular formula is C20H28N2O2. The Morgan fingerprint density at radius 3 is 2.29 bits per heavy atom. The third-order valence-corrected chi connectivity index (χ3v) is 4.19. The van der Waals surface area contributed by atoms with E-state index >= 15 is 0 Å². The van der Waals surface area contributed by atoms with Gasteiger partial charge in [0.15, 0.2) is 0 Å². The van der Waals surface area contributed by atoms with Gasteiger partial charge < -0.3 is 20.8 Å². The number of hydrogen-bond acceptors (Lipinski definition) is 4. The van der Waals surface area contributed by atoms with Crippen molar-refractivity contribution in [3.8, 4) is 0 Å². The lowest BCUT2D eigenvalue weighted by Crippen LogP contribution is -2.32. The van der Waals surface area contributed by atoms with Crippen LogP contribution in [0.5, 0.6) is 0 Å². The third kappa shape index (κ3) is 6.32. The predicted octanol–water partition coefficient (Wildman–Crippen LogP) is 2.62. The molecule has 0 fully saturated rings. The largest absolute Gasteiger partial charge is 0.399 e. The van der Waals surface area contributed by atoms with Crippen LogP contribution in [-0.4, -0.2) is 41.4 Å². The number of anilines is 1. The van der Waals surface area contributed by atoms with Crippen molar-refractivity contribution in [3.05, 3.63) is 65.7 Å². The van der Waals surface area contributed by atoms with E-state index in [0.717, 1.165) is 43.6 Å². The van der Waals surface area contributed by atoms with Gasteiger partial charge in [-0.3, -0.25) is 0 Å². The molecule has 0 heterocycles. The predicted molar refractivity (Wildman–Crippen MR) is 98.7 cm³/mol. The minimum absolute atomic E-state index is 0.215. The van der Waals surface area contributed by atoms with Crippen LogP contribution in [-0.2, 0) is 6.42 Å². The molecule has 4 nitrogen and oxygen atoms in total. The molecule has 24 heavy (non-hydrogen) atoms. The van der Waals surface area contributed by atoms with Crippen LogP contribution < -0.4 is 5.73 Å². The lowest BCUT2D eigenvalue weighted by molar-refractivity contribution is 0.111. The van der Waals surface area contributed by atoms with Crippen molar-refractivity contribution in [2.45, 2.75) is 25.4 Å². The molecule has 0 aromatic heterocycles. The Kier molecular flexibility index (Phi) is 7.75. The van der Waals surface area contributed by atoms with Gasteiger partial charge in [-0.25, -0.2) is 0 Å². The Balaban J connectivity index is 1.91. The average molecular weight is 328 g/mol. The number of aliphatic hydroxyl groups excluding tert-OH is 2. The van der Waals surface area contributed by atoms with Gasteiger partial charge in [0.1, 0.15) is 0 Å². The summed E-state index contributed by atoms with van der Waals surface area (Å²) in [5.41, 5.74) is 8.69. The van der Waals surface area contributed by atoms with Gasteiger partial charge in [0, 0.05) is 25.4 Å². The normalized spacial score (nSPS) is 12.5. The molecule has 1 atom stereocenters. The lowest BCUT2D eigenvalue weighted by Gasteiger charge is -2.25. The molecule has 0 saturated carbocycles. The van der Waals surface area contributed by atoms with E-state index in [4.69, 9.17) is 10.8 Å². The summed E-state index contributed by atoms with van der Waals surface area (Å²) in [5, 5.41) is 19.5. The number of nitrogens with two attached hydrogens (primary N) is 1. The number of hydrogen-bond donors (Lipinski definition) is 3. The number of benzene rings is 2. The van der Waals surface area contributed by atoms with Crippen LogP contribution in [0.4, 0.5) is 5.69 Å². The van der Waals surface area contributed by atoms with Gasteiger partial charge in [-0.2, -0.15) is 0 Å². The topological polar surface area (TPSA) is 69.7 Å². The Bertz CT molecular complexity index is 572. The van der Waals surface area contributed by atoms with Crippen LogP contribution in [0.3, 0.4) is 0 Å². The zero-order valence-electron chi connectivity index (χ0n) is 14.1. The van der Waals surface area contributed by atoms with Crippen molar-refractivity contribution >= 4 is 5.69 Å². The summed E-state index contributed by atoms with van der Waals surface area (Å²) in [6, 6.07) is 17.7. The number of aliphatic hydroxyl groups is 2. The van der Waals surface area contributed by atoms with Crippen LogP contribution in [0.15, 0.2) is 54.6 Å². The minimum atomic E-state index is -0.494. The maximum atomic E-state index is 10.5. The molecule has 0 aliphatic rings. The summed E-state index contributed by atoms with van der Waals surface area (Å²) in [7, 11) is 0. The molecule has 4 heteroatoms. The highest BCUT2D eigenvalue weighted by Crippen LogP contribution is 2.15. The van der Waals surface area contributed by atoms with Crippen LogP contribution in [0.1, 0.15) is 30.1 Å². The number of nitrogens with zero attached hydrogens (tertiary/aromatic N) is 1. The summed E-state index contributed by atoms with van der Waals surface area (Å²) >= 11 is 0. The Hall–Kier alpha value is -1.88. The summed E-state index contributed by atoms with van der Waals surface area (Å²) in [6.45, 7) is 2.57. The molecule has 0 spiro atoms. The molecule has 0 aliphatic heterocycles. The van der Waals surface area contributed by atoms with Gasteiger partial charge in [0.2, 0.25) is 0 Å². The van der Waals surface area contributed by atoms with E-state index in [1.807, 2.05) is 42.5 Å². The van der Waals surface area contributed by atoms with Crippen molar-refractivity contribution < 1.29 is 10.2 Å². The zero-order valence-corrected chi connectivity index (χ0v) is 14.1. The average Bonchev–Trinajstić information content (AvgIpc) is 2.61. The Morgan fingerprint density at radius 1 is 0.917 bits per heavy atom. The Labute approximate surface area is 144 Å². The SMILES string of the molecule is Nc1ccc(CCN(CCCCO)C[C@H](O)c2ccccc2)cc1. The maximum absolute atomic E-state index is 10.5. The lowest BCUT2D eigenvalue weighted by atomic mass is 10.1. The second kappa shape index (κ2) is 10.1. The molecule has 2 aromatic rings. The molecule has 0 aliphatic carbocycles. The number of unbranched alkanes of at least 4 members (excludes halogenated alkanes) is 1. The van der Waals surface area contributed by atoms with Crippen molar-refractivity contribution in [1.82, 2.24) is 4.90 Å². The van der Waals surface area contributed by atoms with Crippen molar-refractivity contribution in [2.24, 2.45) is 0 Å². The minimum Gasteiger partial charge on any atom is -0.399 e. The Morgan fingerprint density at radius 2 is 1.62 bits per heavy atom. The van der Waals surface area contributed by atoms with E-state index in [-0.39, 0.29) is 6.61 Å². The van der Waals surface area contributed by atoms with Gasteiger partial charge in [-0.05, 0) is 49.1 Å². The molecule has 2 aromatic carbocycles. The van der Waals surface area contributed by atoms with Crippen molar-refractivity contribution in [1.29, 1.82) is 0 Å². The van der Waals surface area contributed by atoms with E-state index < -0.39 is 6.10 Å². The molecule has 0 bridgehead atoms. The zero-order chi connectivity index (χ0) is 17.2. The van der Waals surface area contributed by atoms with Crippen LogP contribution in [0, 0.1) is 0 Å². The van der Waals surface area contributed by atoms with Crippen LogP contribution >= 0.6 is 0 Å².